The molecule has 1 amide bonds. The van der Waals surface area contributed by atoms with E-state index in [1.54, 1.807) is 23.1 Å². The van der Waals surface area contributed by atoms with E-state index in [1.165, 1.54) is 0 Å². The van der Waals surface area contributed by atoms with Crippen LogP contribution in [0, 0.1) is 0 Å². The lowest BCUT2D eigenvalue weighted by atomic mass is 10.1. The predicted octanol–water partition coefficient (Wildman–Crippen LogP) is 3.45. The van der Waals surface area contributed by atoms with Gasteiger partial charge in [-0.15, -0.1) is 11.3 Å². The summed E-state index contributed by atoms with van der Waals surface area (Å²) in [5.41, 5.74) is 1.82. The van der Waals surface area contributed by atoms with Crippen molar-refractivity contribution in [2.75, 3.05) is 19.0 Å². The molecule has 0 radical (unpaired) electrons. The fourth-order valence-electron chi connectivity index (χ4n) is 2.43. The third-order valence-corrected chi connectivity index (χ3v) is 5.54. The average molecular weight is 364 g/mol. The summed E-state index contributed by atoms with van der Waals surface area (Å²) in [6.45, 7) is 5.18. The van der Waals surface area contributed by atoms with E-state index in [-0.39, 0.29) is 11.9 Å². The number of thiazole rings is 1. The summed E-state index contributed by atoms with van der Waals surface area (Å²) >= 11 is 3.29. The minimum absolute atomic E-state index is 0.0317. The highest BCUT2D eigenvalue weighted by molar-refractivity contribution is 8.00. The van der Waals surface area contributed by atoms with Crippen molar-refractivity contribution in [1.29, 1.82) is 0 Å². The fourth-order valence-corrected chi connectivity index (χ4v) is 4.17. The van der Waals surface area contributed by atoms with Crippen LogP contribution in [0.15, 0.2) is 27.9 Å². The van der Waals surface area contributed by atoms with Gasteiger partial charge in [-0.05, 0) is 30.4 Å². The van der Waals surface area contributed by atoms with Crippen molar-refractivity contribution in [3.63, 3.8) is 0 Å². The van der Waals surface area contributed by atoms with Crippen molar-refractivity contribution in [3.05, 3.63) is 34.8 Å². The first-order valence-electron chi connectivity index (χ1n) is 7.92. The van der Waals surface area contributed by atoms with Crippen molar-refractivity contribution >= 4 is 29.0 Å². The number of thioether (sulfide) groups is 1. The molecule has 2 aromatic rings. The van der Waals surface area contributed by atoms with Gasteiger partial charge in [0.05, 0.1) is 18.2 Å². The van der Waals surface area contributed by atoms with E-state index < -0.39 is 0 Å². The van der Waals surface area contributed by atoms with Gasteiger partial charge in [0, 0.05) is 5.38 Å². The first kappa shape index (κ1) is 17.1. The van der Waals surface area contributed by atoms with Crippen LogP contribution in [-0.4, -0.2) is 29.9 Å². The molecule has 1 aromatic carbocycles. The quantitative estimate of drug-likeness (QED) is 0.796. The van der Waals surface area contributed by atoms with E-state index in [4.69, 9.17) is 9.47 Å². The summed E-state index contributed by atoms with van der Waals surface area (Å²) in [7, 11) is 0. The largest absolute Gasteiger partial charge is 0.486 e. The number of nitrogens with one attached hydrogen (secondary N) is 1. The molecule has 0 saturated heterocycles. The number of carbonyl (C=O) groups excluding carboxylic acids is 1. The minimum atomic E-state index is -0.101. The van der Waals surface area contributed by atoms with Crippen LogP contribution in [0.3, 0.4) is 0 Å². The Morgan fingerprint density at radius 3 is 2.96 bits per heavy atom. The molecule has 7 heteroatoms. The van der Waals surface area contributed by atoms with Gasteiger partial charge in [-0.25, -0.2) is 4.98 Å². The van der Waals surface area contributed by atoms with Crippen LogP contribution in [0.1, 0.15) is 31.1 Å². The van der Waals surface area contributed by atoms with Gasteiger partial charge < -0.3 is 14.8 Å². The molecule has 0 aliphatic carbocycles. The maximum Gasteiger partial charge on any atom is 0.226 e. The lowest BCUT2D eigenvalue weighted by Gasteiger charge is -2.21. The van der Waals surface area contributed by atoms with E-state index in [1.807, 2.05) is 30.5 Å². The number of hydrogen-bond acceptors (Lipinski definition) is 6. The highest BCUT2D eigenvalue weighted by atomic mass is 32.2. The van der Waals surface area contributed by atoms with Gasteiger partial charge in [-0.3, -0.25) is 4.79 Å². The van der Waals surface area contributed by atoms with Crippen LogP contribution in [0.2, 0.25) is 0 Å². The number of benzene rings is 1. The van der Waals surface area contributed by atoms with E-state index in [0.29, 0.717) is 19.6 Å². The SMILES string of the molecule is CCSc1nc(CC(=O)NC(C)c2ccc3c(c2)OCCO3)cs1. The second-order valence-corrected chi connectivity index (χ2v) is 7.78. The Balaban J connectivity index is 1.59. The topological polar surface area (TPSA) is 60.5 Å². The normalized spacial score (nSPS) is 14.2. The number of carbonyl (C=O) groups is 1. The molecule has 1 atom stereocenters. The maximum atomic E-state index is 12.2. The zero-order valence-corrected chi connectivity index (χ0v) is 15.3. The summed E-state index contributed by atoms with van der Waals surface area (Å²) < 4.78 is 12.1. The number of nitrogens with zero attached hydrogens (tertiary/aromatic N) is 1. The Hall–Kier alpha value is -1.73. The number of amides is 1. The van der Waals surface area contributed by atoms with Crippen molar-refractivity contribution in [3.8, 4) is 11.5 Å². The monoisotopic (exact) mass is 364 g/mol. The van der Waals surface area contributed by atoms with Crippen LogP contribution in [0.4, 0.5) is 0 Å². The smallest absolute Gasteiger partial charge is 0.226 e. The van der Waals surface area contributed by atoms with Gasteiger partial charge in [0.1, 0.15) is 17.6 Å². The van der Waals surface area contributed by atoms with Crippen LogP contribution in [0.25, 0.3) is 0 Å². The fraction of sp³-hybridized carbons (Fsp3) is 0.412. The summed E-state index contributed by atoms with van der Waals surface area (Å²) in [5.74, 6) is 2.45. The number of rotatable bonds is 6. The molecule has 1 aliphatic heterocycles. The average Bonchev–Trinajstić information content (AvgIpc) is 3.01. The zero-order chi connectivity index (χ0) is 16.9. The lowest BCUT2D eigenvalue weighted by Crippen LogP contribution is -2.28. The van der Waals surface area contributed by atoms with Crippen LogP contribution >= 0.6 is 23.1 Å². The van der Waals surface area contributed by atoms with Gasteiger partial charge in [0.2, 0.25) is 5.91 Å². The molecule has 1 N–H and O–H groups in total. The number of fused-ring (bicyclic) bond motifs is 1. The van der Waals surface area contributed by atoms with Gasteiger partial charge in [0.25, 0.3) is 0 Å². The zero-order valence-electron chi connectivity index (χ0n) is 13.7. The van der Waals surface area contributed by atoms with E-state index >= 15 is 0 Å². The number of aromatic nitrogens is 1. The summed E-state index contributed by atoms with van der Waals surface area (Å²) in [5, 5.41) is 4.97. The standard InChI is InChI=1S/C17H20N2O3S2/c1-3-23-17-19-13(10-24-17)9-16(20)18-11(2)12-4-5-14-15(8-12)22-7-6-21-14/h4-5,8,10-11H,3,6-7,9H2,1-2H3,(H,18,20). The predicted molar refractivity (Wildman–Crippen MR) is 96.2 cm³/mol. The van der Waals surface area contributed by atoms with E-state index in [2.05, 4.69) is 17.2 Å². The molecule has 0 bridgehead atoms. The first-order valence-corrected chi connectivity index (χ1v) is 9.78. The summed E-state index contributed by atoms with van der Waals surface area (Å²) in [4.78, 5) is 16.7. The Morgan fingerprint density at radius 1 is 1.38 bits per heavy atom. The number of hydrogen-bond donors (Lipinski definition) is 1. The molecule has 5 nitrogen and oxygen atoms in total. The molecule has 0 fully saturated rings. The van der Waals surface area contributed by atoms with Crippen LogP contribution in [-0.2, 0) is 11.2 Å². The third kappa shape index (κ3) is 4.21. The lowest BCUT2D eigenvalue weighted by molar-refractivity contribution is -0.121. The molecule has 0 spiro atoms. The molecule has 1 aliphatic rings. The molecule has 1 unspecified atom stereocenters. The Labute approximate surface area is 149 Å². The molecule has 128 valence electrons. The van der Waals surface area contributed by atoms with E-state index in [9.17, 15) is 4.79 Å². The molecule has 3 rings (SSSR count). The molecular weight excluding hydrogens is 344 g/mol. The molecule has 24 heavy (non-hydrogen) atoms. The molecule has 2 heterocycles. The van der Waals surface area contributed by atoms with Gasteiger partial charge in [-0.1, -0.05) is 24.8 Å². The minimum Gasteiger partial charge on any atom is -0.486 e. The summed E-state index contributed by atoms with van der Waals surface area (Å²) in [6.07, 6.45) is 0.301. The first-order chi connectivity index (χ1) is 11.7. The van der Waals surface area contributed by atoms with Gasteiger partial charge in [0.15, 0.2) is 11.5 Å². The van der Waals surface area contributed by atoms with Gasteiger partial charge in [-0.2, -0.15) is 0 Å². The maximum absolute atomic E-state index is 12.2. The second-order valence-electron chi connectivity index (χ2n) is 5.41. The molecule has 1 aromatic heterocycles. The molecule has 0 saturated carbocycles. The third-order valence-electron chi connectivity index (χ3n) is 3.58. The van der Waals surface area contributed by atoms with Crippen molar-refractivity contribution < 1.29 is 14.3 Å². The van der Waals surface area contributed by atoms with Crippen LogP contribution < -0.4 is 14.8 Å². The van der Waals surface area contributed by atoms with Gasteiger partial charge >= 0.3 is 0 Å². The van der Waals surface area contributed by atoms with Crippen molar-refractivity contribution in [2.24, 2.45) is 0 Å². The van der Waals surface area contributed by atoms with Crippen molar-refractivity contribution in [1.82, 2.24) is 10.3 Å². The highest BCUT2D eigenvalue weighted by Gasteiger charge is 2.16. The molecular formula is C17H20N2O3S2. The van der Waals surface area contributed by atoms with Crippen molar-refractivity contribution in [2.45, 2.75) is 30.6 Å². The number of ether oxygens (including phenoxy) is 2. The summed E-state index contributed by atoms with van der Waals surface area (Å²) in [6, 6.07) is 5.67. The van der Waals surface area contributed by atoms with Crippen LogP contribution in [0.5, 0.6) is 11.5 Å². The Kier molecular flexibility index (Phi) is 5.63. The second kappa shape index (κ2) is 7.90. The Bertz CT molecular complexity index is 718. The Morgan fingerprint density at radius 2 is 2.17 bits per heavy atom. The highest BCUT2D eigenvalue weighted by Crippen LogP contribution is 2.32. The van der Waals surface area contributed by atoms with E-state index in [0.717, 1.165) is 32.8 Å².